The highest BCUT2D eigenvalue weighted by Crippen LogP contribution is 2.44. The lowest BCUT2D eigenvalue weighted by molar-refractivity contribution is -0.161. The highest BCUT2D eigenvalue weighted by molar-refractivity contribution is 5.73. The minimum absolute atomic E-state index is 0.0407. The fraction of sp³-hybridized carbons (Fsp3) is 0.786. The van der Waals surface area contributed by atoms with E-state index in [1.165, 1.54) is 12.2 Å². The van der Waals surface area contributed by atoms with Crippen LogP contribution in [0.4, 0.5) is 18.0 Å². The maximum Gasteiger partial charge on any atom is 0.416 e. The van der Waals surface area contributed by atoms with E-state index in [9.17, 15) is 22.8 Å². The summed E-state index contributed by atoms with van der Waals surface area (Å²) in [5.74, 6) is -0.886. The van der Waals surface area contributed by atoms with Gasteiger partial charge in [-0.15, -0.1) is 0 Å². The molecule has 3 aliphatic rings. The van der Waals surface area contributed by atoms with Gasteiger partial charge in [-0.1, -0.05) is 6.08 Å². The van der Waals surface area contributed by atoms with E-state index in [0.29, 0.717) is 51.3 Å². The Morgan fingerprint density at radius 1 is 0.974 bits per heavy atom. The molecular weight excluding hydrogens is 501 g/mol. The Labute approximate surface area is 224 Å². The molecule has 10 heteroatoms. The minimum Gasteiger partial charge on any atom is -0.460 e. The lowest BCUT2D eigenvalue weighted by Gasteiger charge is -2.41. The molecule has 1 amide bonds. The molecule has 0 spiro atoms. The first-order valence-electron chi connectivity index (χ1n) is 13.4. The first-order chi connectivity index (χ1) is 17.5. The van der Waals surface area contributed by atoms with Crippen LogP contribution in [-0.2, 0) is 19.0 Å². The van der Waals surface area contributed by atoms with Crippen LogP contribution in [0.15, 0.2) is 23.4 Å². The fourth-order valence-corrected chi connectivity index (χ4v) is 5.59. The molecule has 2 fully saturated rings. The Kier molecular flexibility index (Phi) is 9.16. The molecule has 216 valence electrons. The summed E-state index contributed by atoms with van der Waals surface area (Å²) in [5.41, 5.74) is -1.26. The molecule has 0 saturated carbocycles. The number of methoxy groups -OCH3 is 1. The van der Waals surface area contributed by atoms with Crippen LogP contribution in [0.1, 0.15) is 60.8 Å². The summed E-state index contributed by atoms with van der Waals surface area (Å²) in [4.78, 5) is 29.1. The van der Waals surface area contributed by atoms with Gasteiger partial charge in [-0.25, -0.2) is 4.79 Å². The van der Waals surface area contributed by atoms with Crippen molar-refractivity contribution in [2.24, 2.45) is 23.7 Å². The second-order valence-electron chi connectivity index (χ2n) is 12.6. The van der Waals surface area contributed by atoms with Crippen molar-refractivity contribution in [3.05, 3.63) is 23.4 Å². The van der Waals surface area contributed by atoms with E-state index in [1.807, 2.05) is 25.7 Å². The largest absolute Gasteiger partial charge is 0.460 e. The van der Waals surface area contributed by atoms with Crippen LogP contribution in [0.25, 0.3) is 0 Å². The zero-order chi connectivity index (χ0) is 28.5. The second-order valence-corrected chi connectivity index (χ2v) is 12.6. The number of alkyl halides is 3. The highest BCUT2D eigenvalue weighted by atomic mass is 19.4. The quantitative estimate of drug-likeness (QED) is 0.422. The van der Waals surface area contributed by atoms with Gasteiger partial charge in [-0.05, 0) is 72.8 Å². The third kappa shape index (κ3) is 7.90. The smallest absolute Gasteiger partial charge is 0.416 e. The molecule has 7 nitrogen and oxygen atoms in total. The number of amides is 1. The average Bonchev–Trinajstić information content (AvgIpc) is 3.20. The van der Waals surface area contributed by atoms with E-state index >= 15 is 0 Å². The van der Waals surface area contributed by atoms with Crippen LogP contribution in [-0.4, -0.2) is 79.1 Å². The Hall–Kier alpha value is -2.23. The molecule has 0 aromatic rings. The maximum absolute atomic E-state index is 13.8. The maximum atomic E-state index is 13.8. The van der Waals surface area contributed by atoms with Gasteiger partial charge >= 0.3 is 18.2 Å². The number of allylic oxidation sites excluding steroid dienone is 4. The first-order valence-corrected chi connectivity index (χ1v) is 13.4. The predicted molar refractivity (Wildman–Crippen MR) is 137 cm³/mol. The van der Waals surface area contributed by atoms with E-state index in [-0.39, 0.29) is 36.1 Å². The molecule has 0 aromatic carbocycles. The number of halogens is 3. The van der Waals surface area contributed by atoms with Crippen molar-refractivity contribution < 1.29 is 37.0 Å². The number of likely N-dealkylation sites (tertiary alicyclic amines) is 2. The summed E-state index contributed by atoms with van der Waals surface area (Å²) in [6.07, 6.45) is -1.09. The van der Waals surface area contributed by atoms with Gasteiger partial charge in [0.15, 0.2) is 0 Å². The number of rotatable bonds is 5. The lowest BCUT2D eigenvalue weighted by atomic mass is 9.76. The average molecular weight is 545 g/mol. The SMILES string of the molecule is COCC1CN(C(=O)OC(C)(C)C)CC1C1CC=C(C(F)(F)F)C=C1N1CCC(C(=O)OC(C)(C)C)CC1. The van der Waals surface area contributed by atoms with E-state index in [1.54, 1.807) is 32.8 Å². The number of piperidine rings is 1. The van der Waals surface area contributed by atoms with Crippen molar-refractivity contribution in [3.63, 3.8) is 0 Å². The molecule has 2 heterocycles. The minimum atomic E-state index is -4.45. The van der Waals surface area contributed by atoms with Gasteiger partial charge in [0.05, 0.1) is 18.1 Å². The van der Waals surface area contributed by atoms with Gasteiger partial charge in [0.2, 0.25) is 0 Å². The van der Waals surface area contributed by atoms with Crippen molar-refractivity contribution in [1.29, 1.82) is 0 Å². The van der Waals surface area contributed by atoms with Gasteiger partial charge in [0.25, 0.3) is 0 Å². The van der Waals surface area contributed by atoms with Gasteiger partial charge in [0, 0.05) is 50.8 Å². The van der Waals surface area contributed by atoms with E-state index < -0.39 is 29.0 Å². The second kappa shape index (κ2) is 11.5. The van der Waals surface area contributed by atoms with Crippen molar-refractivity contribution >= 4 is 12.1 Å². The van der Waals surface area contributed by atoms with Crippen molar-refractivity contribution in [2.75, 3.05) is 39.9 Å². The Morgan fingerprint density at radius 2 is 1.58 bits per heavy atom. The summed E-state index contributed by atoms with van der Waals surface area (Å²) < 4.78 is 57.8. The van der Waals surface area contributed by atoms with E-state index in [4.69, 9.17) is 14.2 Å². The van der Waals surface area contributed by atoms with Crippen molar-refractivity contribution in [3.8, 4) is 0 Å². The molecule has 3 rings (SSSR count). The molecular formula is C28H43F3N2O5. The van der Waals surface area contributed by atoms with Gasteiger partial charge in [0.1, 0.15) is 11.2 Å². The summed E-state index contributed by atoms with van der Waals surface area (Å²) in [7, 11) is 1.59. The lowest BCUT2D eigenvalue weighted by Crippen LogP contribution is -2.42. The standard InChI is InChI=1S/C28H43F3N2O5/c1-26(2,3)37-24(34)18-10-12-32(13-11-18)23-14-20(28(29,30)31)8-9-21(23)22-16-33(15-19(22)17-36-7)25(35)38-27(4,5)6/h8,14,18-19,21-22H,9-13,15-17H2,1-7H3. The van der Waals surface area contributed by atoms with Gasteiger partial charge < -0.3 is 24.0 Å². The molecule has 0 bridgehead atoms. The van der Waals surface area contributed by atoms with Gasteiger partial charge in [-0.3, -0.25) is 4.79 Å². The number of carbonyl (C=O) groups excluding carboxylic acids is 2. The number of nitrogens with zero attached hydrogens (tertiary/aromatic N) is 2. The summed E-state index contributed by atoms with van der Waals surface area (Å²) in [5, 5.41) is 0. The van der Waals surface area contributed by atoms with Crippen LogP contribution in [0.2, 0.25) is 0 Å². The number of hydrogen-bond donors (Lipinski definition) is 0. The normalized spacial score (nSPS) is 25.7. The first kappa shape index (κ1) is 30.3. The number of carbonyl (C=O) groups is 2. The summed E-state index contributed by atoms with van der Waals surface area (Å²) >= 11 is 0. The molecule has 3 unspecified atom stereocenters. The zero-order valence-corrected chi connectivity index (χ0v) is 23.7. The molecule has 0 N–H and O–H groups in total. The van der Waals surface area contributed by atoms with Crippen molar-refractivity contribution in [1.82, 2.24) is 9.80 Å². The Bertz CT molecular complexity index is 924. The third-order valence-corrected chi connectivity index (χ3v) is 7.24. The van der Waals surface area contributed by atoms with Gasteiger partial charge in [-0.2, -0.15) is 13.2 Å². The molecule has 2 aliphatic heterocycles. The highest BCUT2D eigenvalue weighted by Gasteiger charge is 2.45. The van der Waals surface area contributed by atoms with Crippen LogP contribution < -0.4 is 0 Å². The van der Waals surface area contributed by atoms with E-state index in [0.717, 1.165) is 0 Å². The zero-order valence-electron chi connectivity index (χ0n) is 23.7. The van der Waals surface area contributed by atoms with Crippen LogP contribution in [0.3, 0.4) is 0 Å². The van der Waals surface area contributed by atoms with Crippen LogP contribution in [0, 0.1) is 23.7 Å². The third-order valence-electron chi connectivity index (χ3n) is 7.24. The summed E-state index contributed by atoms with van der Waals surface area (Å²) in [6, 6.07) is 0. The van der Waals surface area contributed by atoms with Crippen LogP contribution in [0.5, 0.6) is 0 Å². The van der Waals surface area contributed by atoms with Crippen molar-refractivity contribution in [2.45, 2.75) is 78.2 Å². The molecule has 3 atom stereocenters. The number of esters is 1. The number of hydrogen-bond acceptors (Lipinski definition) is 6. The Morgan fingerprint density at radius 3 is 2.11 bits per heavy atom. The topological polar surface area (TPSA) is 68.3 Å². The molecule has 0 radical (unpaired) electrons. The monoisotopic (exact) mass is 544 g/mol. The van der Waals surface area contributed by atoms with Crippen LogP contribution >= 0.6 is 0 Å². The molecule has 0 aromatic heterocycles. The Balaban J connectivity index is 1.82. The number of ether oxygens (including phenoxy) is 3. The fourth-order valence-electron chi connectivity index (χ4n) is 5.59. The molecule has 2 saturated heterocycles. The predicted octanol–water partition coefficient (Wildman–Crippen LogP) is 5.56. The molecule has 38 heavy (non-hydrogen) atoms. The van der Waals surface area contributed by atoms with E-state index in [2.05, 4.69) is 0 Å². The summed E-state index contributed by atoms with van der Waals surface area (Å²) in [6.45, 7) is 13.0. The molecule has 1 aliphatic carbocycles.